The van der Waals surface area contributed by atoms with E-state index in [0.29, 0.717) is 12.5 Å². The van der Waals surface area contributed by atoms with Gasteiger partial charge in [0.1, 0.15) is 0 Å². The predicted octanol–water partition coefficient (Wildman–Crippen LogP) is 1.39. The van der Waals surface area contributed by atoms with Crippen LogP contribution in [0.3, 0.4) is 0 Å². The van der Waals surface area contributed by atoms with Crippen LogP contribution in [0.4, 0.5) is 0 Å². The minimum atomic E-state index is -0.178. The van der Waals surface area contributed by atoms with Crippen LogP contribution in [-0.4, -0.2) is 31.0 Å². The van der Waals surface area contributed by atoms with Gasteiger partial charge in [-0.3, -0.25) is 9.69 Å². The molecule has 2 atom stereocenters. The maximum Gasteiger partial charge on any atom is 0.222 e. The summed E-state index contributed by atoms with van der Waals surface area (Å²) in [5.41, 5.74) is 7.86. The fraction of sp³-hybridized carbons (Fsp3) is 0.533. The summed E-state index contributed by atoms with van der Waals surface area (Å²) < 4.78 is 5.14. The van der Waals surface area contributed by atoms with Crippen molar-refractivity contribution in [3.05, 3.63) is 35.4 Å². The van der Waals surface area contributed by atoms with E-state index in [2.05, 4.69) is 36.1 Å². The van der Waals surface area contributed by atoms with Gasteiger partial charge in [-0.15, -0.1) is 0 Å². The maximum absolute atomic E-state index is 11.3. The average molecular weight is 262 g/mol. The number of hydrogen-bond acceptors (Lipinski definition) is 3. The first kappa shape index (κ1) is 14.0. The van der Waals surface area contributed by atoms with Crippen molar-refractivity contribution in [2.75, 3.05) is 20.2 Å². The molecule has 1 amide bonds. The Labute approximate surface area is 114 Å². The Morgan fingerprint density at radius 3 is 2.79 bits per heavy atom. The number of primary amides is 1. The van der Waals surface area contributed by atoms with Gasteiger partial charge >= 0.3 is 0 Å². The molecule has 1 saturated heterocycles. The third-order valence-corrected chi connectivity index (χ3v) is 3.76. The van der Waals surface area contributed by atoms with E-state index in [1.807, 2.05) is 0 Å². The largest absolute Gasteiger partial charge is 0.380 e. The number of methoxy groups -OCH3 is 1. The quantitative estimate of drug-likeness (QED) is 0.872. The van der Waals surface area contributed by atoms with Crippen molar-refractivity contribution in [1.29, 1.82) is 0 Å². The fourth-order valence-electron chi connectivity index (χ4n) is 2.81. The summed E-state index contributed by atoms with van der Waals surface area (Å²) in [6.45, 7) is 5.30. The third-order valence-electron chi connectivity index (χ3n) is 3.76. The van der Waals surface area contributed by atoms with Gasteiger partial charge in [-0.05, 0) is 17.0 Å². The zero-order chi connectivity index (χ0) is 13.8. The first-order valence-electron chi connectivity index (χ1n) is 6.68. The second kappa shape index (κ2) is 6.17. The molecule has 0 spiro atoms. The molecule has 1 aromatic rings. The lowest BCUT2D eigenvalue weighted by atomic mass is 9.98. The number of carbonyl (C=O) groups excluding carboxylic acids is 1. The molecular weight excluding hydrogens is 240 g/mol. The van der Waals surface area contributed by atoms with E-state index in [1.54, 1.807) is 7.11 Å². The summed E-state index contributed by atoms with van der Waals surface area (Å²) in [5.74, 6) is 0.157. The van der Waals surface area contributed by atoms with Crippen LogP contribution in [0, 0.1) is 11.8 Å². The number of likely N-dealkylation sites (tertiary alicyclic amines) is 1. The van der Waals surface area contributed by atoms with Crippen LogP contribution in [0.1, 0.15) is 18.1 Å². The zero-order valence-electron chi connectivity index (χ0n) is 11.6. The van der Waals surface area contributed by atoms with Gasteiger partial charge in [-0.2, -0.15) is 0 Å². The maximum atomic E-state index is 11.3. The number of benzene rings is 1. The molecule has 1 aliphatic heterocycles. The standard InChI is InChI=1S/C15H22N2O2/c1-11-7-17(9-14(11)15(16)18)8-12-4-3-5-13(6-12)10-19-2/h3-6,11,14H,7-10H2,1-2H3,(H2,16,18)/t11-,14-/m1/s1. The highest BCUT2D eigenvalue weighted by atomic mass is 16.5. The molecule has 0 bridgehead atoms. The molecule has 1 heterocycles. The Balaban J connectivity index is 1.98. The lowest BCUT2D eigenvalue weighted by Gasteiger charge is -2.16. The van der Waals surface area contributed by atoms with Crippen LogP contribution < -0.4 is 5.73 Å². The number of amides is 1. The molecule has 0 saturated carbocycles. The molecule has 1 aromatic carbocycles. The first-order chi connectivity index (χ1) is 9.10. The molecule has 0 aromatic heterocycles. The highest BCUT2D eigenvalue weighted by molar-refractivity contribution is 5.77. The monoisotopic (exact) mass is 262 g/mol. The number of rotatable bonds is 5. The van der Waals surface area contributed by atoms with E-state index >= 15 is 0 Å². The van der Waals surface area contributed by atoms with Crippen molar-refractivity contribution < 1.29 is 9.53 Å². The van der Waals surface area contributed by atoms with Gasteiger partial charge in [0.25, 0.3) is 0 Å². The minimum Gasteiger partial charge on any atom is -0.380 e. The van der Waals surface area contributed by atoms with Crippen LogP contribution in [0.25, 0.3) is 0 Å². The molecule has 1 aliphatic rings. The molecule has 4 heteroatoms. The normalized spacial score (nSPS) is 23.7. The van der Waals surface area contributed by atoms with Gasteiger partial charge < -0.3 is 10.5 Å². The Morgan fingerprint density at radius 1 is 1.42 bits per heavy atom. The van der Waals surface area contributed by atoms with Crippen LogP contribution in [0.2, 0.25) is 0 Å². The van der Waals surface area contributed by atoms with Crippen LogP contribution in [0.5, 0.6) is 0 Å². The molecule has 2 rings (SSSR count). The minimum absolute atomic E-state index is 0.0119. The molecule has 0 aliphatic carbocycles. The summed E-state index contributed by atoms with van der Waals surface area (Å²) in [5, 5.41) is 0. The highest BCUT2D eigenvalue weighted by Crippen LogP contribution is 2.24. The predicted molar refractivity (Wildman–Crippen MR) is 74.3 cm³/mol. The second-order valence-corrected chi connectivity index (χ2v) is 5.43. The first-order valence-corrected chi connectivity index (χ1v) is 6.68. The third kappa shape index (κ3) is 3.55. The Kier molecular flexibility index (Phi) is 4.56. The Hall–Kier alpha value is -1.39. The number of nitrogens with zero attached hydrogens (tertiary/aromatic N) is 1. The van der Waals surface area contributed by atoms with E-state index in [1.165, 1.54) is 11.1 Å². The zero-order valence-corrected chi connectivity index (χ0v) is 11.6. The molecule has 1 fully saturated rings. The van der Waals surface area contributed by atoms with Gasteiger partial charge in [0.2, 0.25) is 5.91 Å². The Morgan fingerprint density at radius 2 is 2.16 bits per heavy atom. The number of nitrogens with two attached hydrogens (primary N) is 1. The van der Waals surface area contributed by atoms with E-state index in [-0.39, 0.29) is 11.8 Å². The Bertz CT molecular complexity index is 448. The van der Waals surface area contributed by atoms with Crippen molar-refractivity contribution in [3.63, 3.8) is 0 Å². The second-order valence-electron chi connectivity index (χ2n) is 5.43. The topological polar surface area (TPSA) is 55.6 Å². The molecule has 4 nitrogen and oxygen atoms in total. The summed E-state index contributed by atoms with van der Waals surface area (Å²) in [6.07, 6.45) is 0. The number of carbonyl (C=O) groups is 1. The van der Waals surface area contributed by atoms with E-state index in [9.17, 15) is 4.79 Å². The summed E-state index contributed by atoms with van der Waals surface area (Å²) >= 11 is 0. The SMILES string of the molecule is COCc1cccc(CN2C[C@@H](C)[C@H](C(N)=O)C2)c1. The van der Waals surface area contributed by atoms with Gasteiger partial charge in [0, 0.05) is 26.7 Å². The lowest BCUT2D eigenvalue weighted by molar-refractivity contribution is -0.122. The van der Waals surface area contributed by atoms with E-state index in [0.717, 1.165) is 19.6 Å². The molecule has 104 valence electrons. The number of ether oxygens (including phenoxy) is 1. The summed E-state index contributed by atoms with van der Waals surface area (Å²) in [6, 6.07) is 8.38. The summed E-state index contributed by atoms with van der Waals surface area (Å²) in [7, 11) is 1.70. The molecular formula is C15H22N2O2. The lowest BCUT2D eigenvalue weighted by Crippen LogP contribution is -2.29. The van der Waals surface area contributed by atoms with Crippen molar-refractivity contribution in [3.8, 4) is 0 Å². The molecule has 19 heavy (non-hydrogen) atoms. The molecule has 2 N–H and O–H groups in total. The van der Waals surface area contributed by atoms with Gasteiger partial charge in [-0.1, -0.05) is 31.2 Å². The van der Waals surface area contributed by atoms with Crippen molar-refractivity contribution in [2.45, 2.75) is 20.1 Å². The van der Waals surface area contributed by atoms with Gasteiger partial charge in [0.05, 0.1) is 12.5 Å². The fourth-order valence-corrected chi connectivity index (χ4v) is 2.81. The van der Waals surface area contributed by atoms with Crippen molar-refractivity contribution in [2.24, 2.45) is 17.6 Å². The van der Waals surface area contributed by atoms with Gasteiger partial charge in [0.15, 0.2) is 0 Å². The van der Waals surface area contributed by atoms with E-state index in [4.69, 9.17) is 10.5 Å². The molecule has 0 radical (unpaired) electrons. The molecule has 0 unspecified atom stereocenters. The van der Waals surface area contributed by atoms with E-state index < -0.39 is 0 Å². The van der Waals surface area contributed by atoms with Crippen molar-refractivity contribution >= 4 is 5.91 Å². The number of hydrogen-bond donors (Lipinski definition) is 1. The van der Waals surface area contributed by atoms with Crippen molar-refractivity contribution in [1.82, 2.24) is 4.90 Å². The van der Waals surface area contributed by atoms with Crippen LogP contribution >= 0.6 is 0 Å². The summed E-state index contributed by atoms with van der Waals surface area (Å²) in [4.78, 5) is 13.6. The highest BCUT2D eigenvalue weighted by Gasteiger charge is 2.33. The smallest absolute Gasteiger partial charge is 0.222 e. The van der Waals surface area contributed by atoms with Crippen LogP contribution in [-0.2, 0) is 22.7 Å². The van der Waals surface area contributed by atoms with Gasteiger partial charge in [-0.25, -0.2) is 0 Å². The van der Waals surface area contributed by atoms with Crippen LogP contribution in [0.15, 0.2) is 24.3 Å². The average Bonchev–Trinajstić information content (AvgIpc) is 2.71.